The normalized spacial score (nSPS) is 15.1. The molecule has 0 spiro atoms. The number of hydrogen-bond acceptors (Lipinski definition) is 2. The average Bonchev–Trinajstić information content (AvgIpc) is 2.28. The number of hydrogen-bond donors (Lipinski definition) is 1. The van der Waals surface area contributed by atoms with Crippen molar-refractivity contribution >= 4 is 45.6 Å². The predicted octanol–water partition coefficient (Wildman–Crippen LogP) is 2.65. The van der Waals surface area contributed by atoms with Gasteiger partial charge >= 0.3 is 0 Å². The van der Waals surface area contributed by atoms with Crippen molar-refractivity contribution in [2.75, 3.05) is 5.84 Å². The summed E-state index contributed by atoms with van der Waals surface area (Å²) in [6, 6.07) is 0. The molecule has 13 heavy (non-hydrogen) atoms. The largest absolute Gasteiger partial charge is 0.338 e. The van der Waals surface area contributed by atoms with Gasteiger partial charge in [-0.3, -0.25) is 4.68 Å². The number of rotatable bonds is 0. The SMILES string of the molecule is Nn1cc(Br)c2c1N=CCC(Cl)=C2. The maximum atomic E-state index is 5.93. The maximum absolute atomic E-state index is 5.93. The van der Waals surface area contributed by atoms with Gasteiger partial charge in [-0.05, 0) is 22.0 Å². The molecule has 0 bridgehead atoms. The zero-order valence-corrected chi connectivity index (χ0v) is 9.01. The summed E-state index contributed by atoms with van der Waals surface area (Å²) in [7, 11) is 0. The van der Waals surface area contributed by atoms with E-state index in [2.05, 4.69) is 20.9 Å². The van der Waals surface area contributed by atoms with Crippen LogP contribution >= 0.6 is 27.5 Å². The predicted molar refractivity (Wildman–Crippen MR) is 58.9 cm³/mol. The second kappa shape index (κ2) is 3.20. The van der Waals surface area contributed by atoms with Crippen molar-refractivity contribution in [3.8, 4) is 0 Å². The first-order valence-electron chi connectivity index (χ1n) is 3.73. The standard InChI is InChI=1S/C8H7BrClN3/c9-7-4-13(11)8-6(7)3-5(10)1-2-12-8/h2-4H,1,11H2. The van der Waals surface area contributed by atoms with Gasteiger partial charge in [0.1, 0.15) is 0 Å². The van der Waals surface area contributed by atoms with Crippen LogP contribution < -0.4 is 5.84 Å². The first kappa shape index (κ1) is 8.84. The quantitative estimate of drug-likeness (QED) is 0.716. The van der Waals surface area contributed by atoms with Crippen molar-refractivity contribution < 1.29 is 0 Å². The summed E-state index contributed by atoms with van der Waals surface area (Å²) < 4.78 is 2.38. The molecule has 1 aliphatic rings. The molecule has 0 saturated heterocycles. The van der Waals surface area contributed by atoms with Gasteiger partial charge in [-0.1, -0.05) is 11.6 Å². The third-order valence-corrected chi connectivity index (χ3v) is 2.69. The van der Waals surface area contributed by atoms with E-state index in [1.807, 2.05) is 6.08 Å². The summed E-state index contributed by atoms with van der Waals surface area (Å²) in [6.45, 7) is 0. The monoisotopic (exact) mass is 259 g/mol. The Balaban J connectivity index is 2.67. The molecule has 0 unspecified atom stereocenters. The average molecular weight is 261 g/mol. The molecule has 5 heteroatoms. The van der Waals surface area contributed by atoms with Crippen molar-refractivity contribution in [1.82, 2.24) is 4.68 Å². The van der Waals surface area contributed by atoms with E-state index in [0.717, 1.165) is 20.9 Å². The number of fused-ring (bicyclic) bond motifs is 1. The fourth-order valence-corrected chi connectivity index (χ4v) is 1.89. The Kier molecular flexibility index (Phi) is 2.17. The van der Waals surface area contributed by atoms with Gasteiger partial charge in [-0.25, -0.2) is 4.99 Å². The maximum Gasteiger partial charge on any atom is 0.159 e. The van der Waals surface area contributed by atoms with Crippen LogP contribution in [0.15, 0.2) is 20.7 Å². The lowest BCUT2D eigenvalue weighted by atomic mass is 10.3. The molecule has 0 fully saturated rings. The molecule has 2 heterocycles. The van der Waals surface area contributed by atoms with Crippen LogP contribution in [0.5, 0.6) is 0 Å². The Hall–Kier alpha value is -0.740. The second-order valence-electron chi connectivity index (χ2n) is 2.73. The van der Waals surface area contributed by atoms with Gasteiger partial charge in [0.05, 0.1) is 0 Å². The minimum absolute atomic E-state index is 0.655. The van der Waals surface area contributed by atoms with E-state index in [9.17, 15) is 0 Å². The van der Waals surface area contributed by atoms with Gasteiger partial charge in [0.2, 0.25) is 0 Å². The summed E-state index contributed by atoms with van der Waals surface area (Å²) in [5, 5.41) is 0.759. The highest BCUT2D eigenvalue weighted by molar-refractivity contribution is 9.10. The lowest BCUT2D eigenvalue weighted by Crippen LogP contribution is -2.04. The smallest absolute Gasteiger partial charge is 0.159 e. The van der Waals surface area contributed by atoms with Crippen LogP contribution in [0.1, 0.15) is 12.0 Å². The number of aromatic nitrogens is 1. The van der Waals surface area contributed by atoms with Crippen LogP contribution in [0.2, 0.25) is 0 Å². The minimum atomic E-state index is 0.655. The first-order valence-corrected chi connectivity index (χ1v) is 4.90. The van der Waals surface area contributed by atoms with Crippen LogP contribution in [0, 0.1) is 0 Å². The van der Waals surface area contributed by atoms with E-state index in [1.165, 1.54) is 4.68 Å². The third kappa shape index (κ3) is 1.51. The van der Waals surface area contributed by atoms with Crippen molar-refractivity contribution in [3.63, 3.8) is 0 Å². The van der Waals surface area contributed by atoms with Crippen LogP contribution in [-0.2, 0) is 0 Å². The number of nitrogens with zero attached hydrogens (tertiary/aromatic N) is 2. The number of nitrogens with two attached hydrogens (primary N) is 1. The lowest BCUT2D eigenvalue weighted by molar-refractivity contribution is 1.01. The van der Waals surface area contributed by atoms with Crippen molar-refractivity contribution in [2.45, 2.75) is 6.42 Å². The van der Waals surface area contributed by atoms with Gasteiger partial charge in [-0.15, -0.1) is 0 Å². The van der Waals surface area contributed by atoms with Crippen LogP contribution in [0.4, 0.5) is 5.82 Å². The van der Waals surface area contributed by atoms with E-state index in [1.54, 1.807) is 12.4 Å². The highest BCUT2D eigenvalue weighted by Crippen LogP contribution is 2.33. The molecule has 68 valence electrons. The number of aliphatic imine (C=N–C) groups is 1. The fraction of sp³-hybridized carbons (Fsp3) is 0.125. The molecule has 1 aromatic rings. The van der Waals surface area contributed by atoms with E-state index >= 15 is 0 Å². The number of nitrogen functional groups attached to an aromatic ring is 1. The highest BCUT2D eigenvalue weighted by Gasteiger charge is 2.12. The summed E-state index contributed by atoms with van der Waals surface area (Å²) >= 11 is 9.32. The lowest BCUT2D eigenvalue weighted by Gasteiger charge is -1.95. The Morgan fingerprint density at radius 2 is 2.38 bits per heavy atom. The van der Waals surface area contributed by atoms with Gasteiger partial charge < -0.3 is 5.84 Å². The van der Waals surface area contributed by atoms with Crippen LogP contribution in [-0.4, -0.2) is 10.9 Å². The topological polar surface area (TPSA) is 43.3 Å². The summed E-state index contributed by atoms with van der Waals surface area (Å²) in [4.78, 5) is 4.20. The molecule has 0 aliphatic carbocycles. The van der Waals surface area contributed by atoms with Gasteiger partial charge in [-0.2, -0.15) is 0 Å². The molecular formula is C8H7BrClN3. The van der Waals surface area contributed by atoms with E-state index < -0.39 is 0 Å². The highest BCUT2D eigenvalue weighted by atomic mass is 79.9. The molecule has 0 atom stereocenters. The molecule has 0 amide bonds. The van der Waals surface area contributed by atoms with Gasteiger partial charge in [0, 0.05) is 33.9 Å². The third-order valence-electron chi connectivity index (χ3n) is 1.80. The molecule has 1 aromatic heterocycles. The van der Waals surface area contributed by atoms with Gasteiger partial charge in [0.15, 0.2) is 5.82 Å². The fourth-order valence-electron chi connectivity index (χ4n) is 1.20. The van der Waals surface area contributed by atoms with Crippen molar-refractivity contribution in [3.05, 3.63) is 21.3 Å². The van der Waals surface area contributed by atoms with Crippen molar-refractivity contribution in [1.29, 1.82) is 0 Å². The minimum Gasteiger partial charge on any atom is -0.338 e. The van der Waals surface area contributed by atoms with Crippen LogP contribution in [0.3, 0.4) is 0 Å². The Bertz CT molecular complexity index is 406. The van der Waals surface area contributed by atoms with E-state index in [-0.39, 0.29) is 0 Å². The summed E-state index contributed by atoms with van der Waals surface area (Å²) in [6.07, 6.45) is 6.04. The second-order valence-corrected chi connectivity index (χ2v) is 4.07. The molecule has 1 aliphatic heterocycles. The molecule has 0 saturated carbocycles. The number of allylic oxidation sites excluding steroid dienone is 1. The van der Waals surface area contributed by atoms with Crippen molar-refractivity contribution in [2.24, 2.45) is 4.99 Å². The molecule has 2 rings (SSSR count). The summed E-state index contributed by atoms with van der Waals surface area (Å²) in [5.41, 5.74) is 0.932. The summed E-state index contributed by atoms with van der Waals surface area (Å²) in [5.74, 6) is 6.40. The Morgan fingerprint density at radius 3 is 3.15 bits per heavy atom. The van der Waals surface area contributed by atoms with E-state index in [4.69, 9.17) is 17.4 Å². The van der Waals surface area contributed by atoms with Crippen LogP contribution in [0.25, 0.3) is 6.08 Å². The molecular weight excluding hydrogens is 253 g/mol. The number of halogens is 2. The Morgan fingerprint density at radius 1 is 1.62 bits per heavy atom. The molecule has 0 radical (unpaired) electrons. The van der Waals surface area contributed by atoms with Gasteiger partial charge in [0.25, 0.3) is 0 Å². The zero-order chi connectivity index (χ0) is 9.42. The molecule has 2 N–H and O–H groups in total. The molecule has 0 aromatic carbocycles. The Labute approximate surface area is 89.0 Å². The van der Waals surface area contributed by atoms with E-state index in [0.29, 0.717) is 6.42 Å². The first-order chi connectivity index (χ1) is 6.18. The molecule has 3 nitrogen and oxygen atoms in total. The zero-order valence-electron chi connectivity index (χ0n) is 6.67.